The van der Waals surface area contributed by atoms with Crippen LogP contribution in [0.1, 0.15) is 36.9 Å². The number of aryl methyl sites for hydroxylation is 1. The van der Waals surface area contributed by atoms with E-state index in [0.29, 0.717) is 17.8 Å². The summed E-state index contributed by atoms with van der Waals surface area (Å²) in [5.74, 6) is 0.350. The zero-order chi connectivity index (χ0) is 11.5. The number of hydrogen-bond donors (Lipinski definition) is 3. The van der Waals surface area contributed by atoms with Gasteiger partial charge in [0, 0.05) is 18.7 Å². The molecule has 3 heteroatoms. The highest BCUT2D eigenvalue weighted by Gasteiger charge is 2.23. The molecule has 3 nitrogen and oxygen atoms in total. The molecule has 2 unspecified atom stereocenters. The van der Waals surface area contributed by atoms with E-state index in [0.717, 1.165) is 19.3 Å². The maximum Gasteiger partial charge on any atom is 0.115 e. The van der Waals surface area contributed by atoms with E-state index < -0.39 is 0 Å². The van der Waals surface area contributed by atoms with Crippen LogP contribution in [-0.4, -0.2) is 22.9 Å². The Kier molecular flexibility index (Phi) is 3.46. The molecule has 0 bridgehead atoms. The van der Waals surface area contributed by atoms with Gasteiger partial charge < -0.3 is 15.5 Å². The number of phenols is 1. The molecule has 0 fully saturated rings. The highest BCUT2D eigenvalue weighted by molar-refractivity contribution is 5.40. The van der Waals surface area contributed by atoms with Gasteiger partial charge in [0.15, 0.2) is 0 Å². The molecule has 0 aliphatic heterocycles. The Morgan fingerprint density at radius 3 is 3.06 bits per heavy atom. The summed E-state index contributed by atoms with van der Waals surface area (Å²) in [6.07, 6.45) is 2.88. The van der Waals surface area contributed by atoms with Crippen molar-refractivity contribution < 1.29 is 10.2 Å². The Hall–Kier alpha value is -1.06. The van der Waals surface area contributed by atoms with E-state index in [2.05, 4.69) is 12.2 Å². The number of benzene rings is 1. The molecule has 0 heterocycles. The van der Waals surface area contributed by atoms with E-state index in [1.165, 1.54) is 11.1 Å². The molecule has 3 N–H and O–H groups in total. The summed E-state index contributed by atoms with van der Waals surface area (Å²) in [7, 11) is 0. The van der Waals surface area contributed by atoms with E-state index in [9.17, 15) is 5.11 Å². The van der Waals surface area contributed by atoms with Crippen LogP contribution in [0.25, 0.3) is 0 Å². The Morgan fingerprint density at radius 1 is 1.50 bits per heavy atom. The van der Waals surface area contributed by atoms with E-state index in [1.54, 1.807) is 6.07 Å². The van der Waals surface area contributed by atoms with Crippen LogP contribution in [0.2, 0.25) is 0 Å². The van der Waals surface area contributed by atoms with Crippen LogP contribution in [0.4, 0.5) is 0 Å². The maximum atomic E-state index is 9.40. The van der Waals surface area contributed by atoms with Crippen LogP contribution in [-0.2, 0) is 6.42 Å². The van der Waals surface area contributed by atoms with Gasteiger partial charge in [-0.25, -0.2) is 0 Å². The lowest BCUT2D eigenvalue weighted by Gasteiger charge is -2.19. The Bertz CT molecular complexity index is 365. The van der Waals surface area contributed by atoms with Crippen molar-refractivity contribution in [2.75, 3.05) is 6.61 Å². The molecule has 88 valence electrons. The highest BCUT2D eigenvalue weighted by Crippen LogP contribution is 2.33. The summed E-state index contributed by atoms with van der Waals surface area (Å²) in [5, 5.41) is 21.8. The Balaban J connectivity index is 2.06. The number of aromatic hydroxyl groups is 1. The van der Waals surface area contributed by atoms with Crippen LogP contribution >= 0.6 is 0 Å². The fourth-order valence-corrected chi connectivity index (χ4v) is 2.40. The maximum absolute atomic E-state index is 9.40. The molecule has 1 aliphatic rings. The number of nitrogens with one attached hydrogen (secondary N) is 1. The van der Waals surface area contributed by atoms with Crippen molar-refractivity contribution in [2.45, 2.75) is 38.3 Å². The van der Waals surface area contributed by atoms with Crippen molar-refractivity contribution in [2.24, 2.45) is 0 Å². The van der Waals surface area contributed by atoms with Crippen molar-refractivity contribution in [1.29, 1.82) is 0 Å². The first-order valence-corrected chi connectivity index (χ1v) is 5.89. The normalized spacial score (nSPS) is 20.8. The smallest absolute Gasteiger partial charge is 0.115 e. The second-order valence-electron chi connectivity index (χ2n) is 4.55. The lowest BCUT2D eigenvalue weighted by atomic mass is 10.1. The summed E-state index contributed by atoms with van der Waals surface area (Å²) < 4.78 is 0. The Labute approximate surface area is 96.1 Å². The SMILES string of the molecule is CC(CCO)NC1CCc2cc(O)ccc21. The summed E-state index contributed by atoms with van der Waals surface area (Å²) in [4.78, 5) is 0. The second kappa shape index (κ2) is 4.85. The Morgan fingerprint density at radius 2 is 2.31 bits per heavy atom. The second-order valence-corrected chi connectivity index (χ2v) is 4.55. The number of hydrogen-bond acceptors (Lipinski definition) is 3. The van der Waals surface area contributed by atoms with Gasteiger partial charge in [-0.1, -0.05) is 6.07 Å². The first-order chi connectivity index (χ1) is 7.70. The number of fused-ring (bicyclic) bond motifs is 1. The van der Waals surface area contributed by atoms with Gasteiger partial charge in [0.05, 0.1) is 0 Å². The molecule has 16 heavy (non-hydrogen) atoms. The summed E-state index contributed by atoms with van der Waals surface area (Å²) in [6, 6.07) is 6.30. The first kappa shape index (κ1) is 11.4. The molecule has 0 amide bonds. The largest absolute Gasteiger partial charge is 0.508 e. The predicted octanol–water partition coefficient (Wildman–Crippen LogP) is 1.74. The average Bonchev–Trinajstić information content (AvgIpc) is 2.61. The van der Waals surface area contributed by atoms with Crippen LogP contribution < -0.4 is 5.32 Å². The molecular formula is C13H19NO2. The van der Waals surface area contributed by atoms with Crippen molar-refractivity contribution in [3.63, 3.8) is 0 Å². The minimum Gasteiger partial charge on any atom is -0.508 e. The number of aliphatic hydroxyl groups excluding tert-OH is 1. The fraction of sp³-hybridized carbons (Fsp3) is 0.538. The third kappa shape index (κ3) is 2.36. The van der Waals surface area contributed by atoms with Crippen LogP contribution in [0.3, 0.4) is 0 Å². The number of aliphatic hydroxyl groups is 1. The van der Waals surface area contributed by atoms with Crippen LogP contribution in [0.5, 0.6) is 5.75 Å². The van der Waals surface area contributed by atoms with Gasteiger partial charge in [0.25, 0.3) is 0 Å². The van der Waals surface area contributed by atoms with Gasteiger partial charge in [0.1, 0.15) is 5.75 Å². The van der Waals surface area contributed by atoms with Gasteiger partial charge in [-0.2, -0.15) is 0 Å². The molecule has 2 rings (SSSR count). The molecule has 0 saturated carbocycles. The lowest BCUT2D eigenvalue weighted by Crippen LogP contribution is -2.30. The standard InChI is InChI=1S/C13H19NO2/c1-9(6-7-15)14-13-5-2-10-8-11(16)3-4-12(10)13/h3-4,8-9,13-16H,2,5-7H2,1H3. The van der Waals surface area contributed by atoms with Crippen molar-refractivity contribution in [3.8, 4) is 5.75 Å². The van der Waals surface area contributed by atoms with Crippen molar-refractivity contribution >= 4 is 0 Å². The lowest BCUT2D eigenvalue weighted by molar-refractivity contribution is 0.263. The highest BCUT2D eigenvalue weighted by atomic mass is 16.3. The van der Waals surface area contributed by atoms with Gasteiger partial charge in [-0.3, -0.25) is 0 Å². The van der Waals surface area contributed by atoms with Crippen LogP contribution in [0.15, 0.2) is 18.2 Å². The topological polar surface area (TPSA) is 52.5 Å². The molecule has 0 saturated heterocycles. The minimum absolute atomic E-state index is 0.226. The minimum atomic E-state index is 0.226. The van der Waals surface area contributed by atoms with Gasteiger partial charge in [0.2, 0.25) is 0 Å². The molecule has 0 aromatic heterocycles. The summed E-state index contributed by atoms with van der Waals surface area (Å²) >= 11 is 0. The predicted molar refractivity (Wildman–Crippen MR) is 63.5 cm³/mol. The molecule has 0 radical (unpaired) electrons. The zero-order valence-electron chi connectivity index (χ0n) is 9.61. The molecule has 0 spiro atoms. The number of phenolic OH excluding ortho intramolecular Hbond substituents is 1. The molecular weight excluding hydrogens is 202 g/mol. The fourth-order valence-electron chi connectivity index (χ4n) is 2.40. The average molecular weight is 221 g/mol. The zero-order valence-corrected chi connectivity index (χ0v) is 9.61. The molecule has 1 aromatic rings. The monoisotopic (exact) mass is 221 g/mol. The van der Waals surface area contributed by atoms with E-state index >= 15 is 0 Å². The first-order valence-electron chi connectivity index (χ1n) is 5.89. The van der Waals surface area contributed by atoms with Gasteiger partial charge >= 0.3 is 0 Å². The molecule has 1 aromatic carbocycles. The number of rotatable bonds is 4. The summed E-state index contributed by atoms with van der Waals surface area (Å²) in [6.45, 7) is 2.32. The summed E-state index contributed by atoms with van der Waals surface area (Å²) in [5.41, 5.74) is 2.54. The molecule has 1 aliphatic carbocycles. The molecule has 2 atom stereocenters. The van der Waals surface area contributed by atoms with E-state index in [-0.39, 0.29) is 6.61 Å². The third-order valence-corrected chi connectivity index (χ3v) is 3.25. The van der Waals surface area contributed by atoms with Crippen molar-refractivity contribution in [1.82, 2.24) is 5.32 Å². The van der Waals surface area contributed by atoms with Gasteiger partial charge in [-0.05, 0) is 49.4 Å². The van der Waals surface area contributed by atoms with Crippen LogP contribution in [0, 0.1) is 0 Å². The van der Waals surface area contributed by atoms with E-state index in [1.807, 2.05) is 12.1 Å². The van der Waals surface area contributed by atoms with Crippen molar-refractivity contribution in [3.05, 3.63) is 29.3 Å². The third-order valence-electron chi connectivity index (χ3n) is 3.25. The quantitative estimate of drug-likeness (QED) is 0.726. The van der Waals surface area contributed by atoms with Gasteiger partial charge in [-0.15, -0.1) is 0 Å². The van der Waals surface area contributed by atoms with E-state index in [4.69, 9.17) is 5.11 Å².